The Morgan fingerprint density at radius 3 is 3.05 bits per heavy atom. The lowest BCUT2D eigenvalue weighted by Crippen LogP contribution is -2.21. The highest BCUT2D eigenvalue weighted by molar-refractivity contribution is 5.97. The number of hydrogen-bond donors (Lipinski definition) is 0. The van der Waals surface area contributed by atoms with Crippen LogP contribution in [0, 0.1) is 5.82 Å². The normalized spacial score (nSPS) is 17.6. The molecule has 1 aromatic rings. The summed E-state index contributed by atoms with van der Waals surface area (Å²) in [5, 5.41) is 0. The maximum absolute atomic E-state index is 13.4. The average molecular weight is 267 g/mol. The van der Waals surface area contributed by atoms with Gasteiger partial charge in [0, 0.05) is 5.56 Å². The number of carbonyl (C=O) groups excluding carboxylic acids is 1. The third kappa shape index (κ3) is 2.83. The number of carbonyl (C=O) groups is 1. The van der Waals surface area contributed by atoms with Crippen LogP contribution in [0.4, 0.5) is 4.39 Å². The summed E-state index contributed by atoms with van der Waals surface area (Å²) in [6, 6.07) is 3.63. The molecule has 0 saturated carbocycles. The highest BCUT2D eigenvalue weighted by Gasteiger charge is 2.27. The monoisotopic (exact) mass is 267 g/mol. The van der Waals surface area contributed by atoms with E-state index in [4.69, 9.17) is 9.47 Å². The fourth-order valence-corrected chi connectivity index (χ4v) is 1.69. The van der Waals surface area contributed by atoms with Gasteiger partial charge in [0.05, 0.1) is 13.7 Å². The highest BCUT2D eigenvalue weighted by atomic mass is 19.1. The quantitative estimate of drug-likeness (QED) is 0.776. The summed E-state index contributed by atoms with van der Waals surface area (Å²) in [7, 11) is 1.29. The van der Waals surface area contributed by atoms with E-state index in [1.165, 1.54) is 25.3 Å². The second-order valence-electron chi connectivity index (χ2n) is 3.86. The third-order valence-electron chi connectivity index (χ3n) is 2.60. The first-order chi connectivity index (χ1) is 9.15. The van der Waals surface area contributed by atoms with Crippen molar-refractivity contribution in [2.45, 2.75) is 13.0 Å². The molecular weight excluding hydrogens is 253 g/mol. The van der Waals surface area contributed by atoms with E-state index in [1.807, 2.05) is 0 Å². The first kappa shape index (κ1) is 13.3. The van der Waals surface area contributed by atoms with Gasteiger partial charge in [-0.25, -0.2) is 14.2 Å². The topological polar surface area (TPSA) is 57.1 Å². The van der Waals surface area contributed by atoms with Crippen molar-refractivity contribution in [3.63, 3.8) is 0 Å². The van der Waals surface area contributed by atoms with Crippen molar-refractivity contribution >= 4 is 11.9 Å². The molecule has 1 heterocycles. The SMILES string of the molecule is CCOc1cc(C2=N[C@@H](C(=O)OC)CO2)ccc1F. The minimum atomic E-state index is -0.666. The predicted molar refractivity (Wildman–Crippen MR) is 65.9 cm³/mol. The van der Waals surface area contributed by atoms with Gasteiger partial charge in [0.2, 0.25) is 5.90 Å². The van der Waals surface area contributed by atoms with Crippen LogP contribution in [0.15, 0.2) is 23.2 Å². The molecule has 0 bridgehead atoms. The number of aliphatic imine (C=N–C) groups is 1. The number of methoxy groups -OCH3 is 1. The molecule has 1 aliphatic rings. The van der Waals surface area contributed by atoms with Gasteiger partial charge in [-0.15, -0.1) is 0 Å². The molecule has 102 valence electrons. The average Bonchev–Trinajstić information content (AvgIpc) is 2.90. The van der Waals surface area contributed by atoms with Crippen LogP contribution in [0.2, 0.25) is 0 Å². The summed E-state index contributed by atoms with van der Waals surface area (Å²) < 4.78 is 28.5. The number of benzene rings is 1. The van der Waals surface area contributed by atoms with Gasteiger partial charge < -0.3 is 14.2 Å². The molecule has 0 amide bonds. The van der Waals surface area contributed by atoms with Crippen molar-refractivity contribution in [1.82, 2.24) is 0 Å². The standard InChI is InChI=1S/C13H14FNO4/c1-3-18-11-6-8(4-5-9(11)14)12-15-10(7-19-12)13(16)17-2/h4-6,10H,3,7H2,1-2H3/t10-/m1/s1. The highest BCUT2D eigenvalue weighted by Crippen LogP contribution is 2.21. The van der Waals surface area contributed by atoms with Crippen LogP contribution >= 0.6 is 0 Å². The maximum atomic E-state index is 13.4. The van der Waals surface area contributed by atoms with Gasteiger partial charge in [0.15, 0.2) is 17.6 Å². The van der Waals surface area contributed by atoms with Crippen molar-refractivity contribution < 1.29 is 23.4 Å². The molecule has 0 saturated heterocycles. The number of hydrogen-bond acceptors (Lipinski definition) is 5. The smallest absolute Gasteiger partial charge is 0.334 e. The van der Waals surface area contributed by atoms with Gasteiger partial charge in [0.1, 0.15) is 6.61 Å². The fourth-order valence-electron chi connectivity index (χ4n) is 1.69. The third-order valence-corrected chi connectivity index (χ3v) is 2.60. The Hall–Kier alpha value is -2.11. The minimum absolute atomic E-state index is 0.128. The van der Waals surface area contributed by atoms with Gasteiger partial charge in [-0.3, -0.25) is 0 Å². The lowest BCUT2D eigenvalue weighted by molar-refractivity contribution is -0.142. The fraction of sp³-hybridized carbons (Fsp3) is 0.385. The molecule has 0 spiro atoms. The summed E-state index contributed by atoms with van der Waals surface area (Å²) in [4.78, 5) is 15.4. The van der Waals surface area contributed by atoms with E-state index in [9.17, 15) is 9.18 Å². The second kappa shape index (κ2) is 5.69. The van der Waals surface area contributed by atoms with Crippen LogP contribution in [-0.2, 0) is 14.3 Å². The second-order valence-corrected chi connectivity index (χ2v) is 3.86. The maximum Gasteiger partial charge on any atom is 0.334 e. The van der Waals surface area contributed by atoms with Gasteiger partial charge in [-0.05, 0) is 25.1 Å². The first-order valence-corrected chi connectivity index (χ1v) is 5.86. The Morgan fingerprint density at radius 1 is 1.58 bits per heavy atom. The molecule has 2 rings (SSSR count). The number of nitrogens with zero attached hydrogens (tertiary/aromatic N) is 1. The molecule has 0 fully saturated rings. The van der Waals surface area contributed by atoms with Crippen LogP contribution < -0.4 is 4.74 Å². The summed E-state index contributed by atoms with van der Waals surface area (Å²) in [6.45, 7) is 2.25. The number of rotatable bonds is 4. The summed E-state index contributed by atoms with van der Waals surface area (Å²) in [6.07, 6.45) is 0. The lowest BCUT2D eigenvalue weighted by Gasteiger charge is -2.07. The van der Waals surface area contributed by atoms with Gasteiger partial charge >= 0.3 is 5.97 Å². The van der Waals surface area contributed by atoms with Crippen molar-refractivity contribution in [3.05, 3.63) is 29.6 Å². The Balaban J connectivity index is 2.23. The van der Waals surface area contributed by atoms with Crippen LogP contribution in [0.3, 0.4) is 0 Å². The van der Waals surface area contributed by atoms with Crippen LogP contribution in [-0.4, -0.2) is 38.2 Å². The number of ether oxygens (including phenoxy) is 3. The van der Waals surface area contributed by atoms with E-state index < -0.39 is 17.8 Å². The van der Waals surface area contributed by atoms with E-state index in [0.717, 1.165) is 0 Å². The largest absolute Gasteiger partial charge is 0.491 e. The number of halogens is 1. The molecule has 1 atom stereocenters. The summed E-state index contributed by atoms with van der Waals surface area (Å²) in [5.41, 5.74) is 0.566. The van der Waals surface area contributed by atoms with E-state index in [2.05, 4.69) is 9.73 Å². The van der Waals surface area contributed by atoms with E-state index in [1.54, 1.807) is 6.92 Å². The molecule has 0 unspecified atom stereocenters. The Morgan fingerprint density at radius 2 is 2.37 bits per heavy atom. The van der Waals surface area contributed by atoms with Crippen LogP contribution in [0.25, 0.3) is 0 Å². The molecule has 19 heavy (non-hydrogen) atoms. The van der Waals surface area contributed by atoms with Gasteiger partial charge in [-0.2, -0.15) is 0 Å². The predicted octanol–water partition coefficient (Wildman–Crippen LogP) is 1.54. The Labute approximate surface area is 110 Å². The molecule has 1 aliphatic heterocycles. The Kier molecular flexibility index (Phi) is 3.99. The lowest BCUT2D eigenvalue weighted by atomic mass is 10.2. The van der Waals surface area contributed by atoms with E-state index >= 15 is 0 Å². The minimum Gasteiger partial charge on any atom is -0.491 e. The van der Waals surface area contributed by atoms with Crippen LogP contribution in [0.5, 0.6) is 5.75 Å². The van der Waals surface area contributed by atoms with Crippen LogP contribution in [0.1, 0.15) is 12.5 Å². The van der Waals surface area contributed by atoms with Gasteiger partial charge in [0.25, 0.3) is 0 Å². The van der Waals surface area contributed by atoms with Crippen molar-refractivity contribution in [2.75, 3.05) is 20.3 Å². The zero-order valence-electron chi connectivity index (χ0n) is 10.7. The molecule has 0 aromatic heterocycles. The first-order valence-electron chi connectivity index (χ1n) is 5.86. The van der Waals surface area contributed by atoms with Crippen molar-refractivity contribution in [1.29, 1.82) is 0 Å². The van der Waals surface area contributed by atoms with Gasteiger partial charge in [-0.1, -0.05) is 0 Å². The Bertz CT molecular complexity index is 515. The molecule has 6 heteroatoms. The summed E-state index contributed by atoms with van der Waals surface area (Å²) in [5.74, 6) is -0.486. The number of esters is 1. The zero-order chi connectivity index (χ0) is 13.8. The van der Waals surface area contributed by atoms with Crippen molar-refractivity contribution in [2.24, 2.45) is 4.99 Å². The molecular formula is C13H14FNO4. The molecule has 1 aromatic carbocycles. The molecule has 5 nitrogen and oxygen atoms in total. The molecule has 0 aliphatic carbocycles. The molecule has 0 radical (unpaired) electrons. The van der Waals surface area contributed by atoms with E-state index in [0.29, 0.717) is 12.2 Å². The summed E-state index contributed by atoms with van der Waals surface area (Å²) >= 11 is 0. The van der Waals surface area contributed by atoms with Crippen molar-refractivity contribution in [3.8, 4) is 5.75 Å². The zero-order valence-corrected chi connectivity index (χ0v) is 10.7. The molecule has 0 N–H and O–H groups in total. The van der Waals surface area contributed by atoms with E-state index in [-0.39, 0.29) is 18.3 Å².